The molecule has 7 nitrogen and oxygen atoms in total. The van der Waals surface area contributed by atoms with Gasteiger partial charge < -0.3 is 19.5 Å². The smallest absolute Gasteiger partial charge is 0.322 e. The van der Waals surface area contributed by atoms with Gasteiger partial charge in [0.2, 0.25) is 5.91 Å². The van der Waals surface area contributed by atoms with Crippen molar-refractivity contribution in [2.24, 2.45) is 0 Å². The summed E-state index contributed by atoms with van der Waals surface area (Å²) < 4.78 is 5.73. The highest BCUT2D eigenvalue weighted by Gasteiger charge is 2.23. The van der Waals surface area contributed by atoms with Crippen molar-refractivity contribution >= 4 is 28.6 Å². The largest absolute Gasteiger partial charge is 0.464 e. The molecule has 0 unspecified atom stereocenters. The van der Waals surface area contributed by atoms with Crippen LogP contribution >= 0.6 is 0 Å². The molecule has 7 heteroatoms. The molecule has 1 N–H and O–H groups in total. The quantitative estimate of drug-likeness (QED) is 0.274. The molecule has 0 aliphatic rings. The van der Waals surface area contributed by atoms with Crippen LogP contribution in [-0.2, 0) is 17.9 Å². The monoisotopic (exact) mass is 523 g/mol. The minimum Gasteiger partial charge on any atom is -0.464 e. The number of urea groups is 1. The highest BCUT2D eigenvalue weighted by molar-refractivity contribution is 5.93. The van der Waals surface area contributed by atoms with E-state index in [2.05, 4.69) is 11.9 Å². The molecule has 0 aliphatic heterocycles. The zero-order chi connectivity index (χ0) is 27.9. The van der Waals surface area contributed by atoms with Gasteiger partial charge in [0.25, 0.3) is 0 Å². The van der Waals surface area contributed by atoms with Gasteiger partial charge in [0.1, 0.15) is 12.1 Å². The average molecular weight is 524 g/mol. The van der Waals surface area contributed by atoms with Crippen LogP contribution in [0.2, 0.25) is 0 Å². The fraction of sp³-hybridized carbons (Fsp3) is 0.219. The molecular formula is C32H33N3O4. The summed E-state index contributed by atoms with van der Waals surface area (Å²) in [5.41, 5.74) is 5.11. The second-order valence-electron chi connectivity index (χ2n) is 9.69. The van der Waals surface area contributed by atoms with Crippen LogP contribution < -0.4 is 10.7 Å². The molecule has 0 spiro atoms. The summed E-state index contributed by atoms with van der Waals surface area (Å²) in [5.74, 6) is -0.305. The van der Waals surface area contributed by atoms with E-state index in [-0.39, 0.29) is 37.5 Å². The lowest BCUT2D eigenvalue weighted by Crippen LogP contribution is -2.44. The Morgan fingerprint density at radius 1 is 0.923 bits per heavy atom. The number of hydrogen-bond acceptors (Lipinski definition) is 4. The van der Waals surface area contributed by atoms with Gasteiger partial charge in [-0.1, -0.05) is 66.2 Å². The SMILES string of the molecule is C=CCN(CC(=O)N(Cc1ccccc1)Cc1coc2ccc(C)cc2c1=O)C(=O)Nc1c(C)cccc1C. The summed E-state index contributed by atoms with van der Waals surface area (Å²) in [5, 5.41) is 3.42. The summed E-state index contributed by atoms with van der Waals surface area (Å²) in [4.78, 5) is 43.2. The van der Waals surface area contributed by atoms with Gasteiger partial charge in [0.15, 0.2) is 5.43 Å². The highest BCUT2D eigenvalue weighted by atomic mass is 16.3. The Balaban J connectivity index is 1.61. The number of aryl methyl sites for hydroxylation is 3. The number of rotatable bonds is 9. The number of benzene rings is 3. The Hall–Kier alpha value is -4.65. The van der Waals surface area contributed by atoms with E-state index in [1.54, 1.807) is 23.1 Å². The van der Waals surface area contributed by atoms with Gasteiger partial charge in [-0.2, -0.15) is 0 Å². The summed E-state index contributed by atoms with van der Waals surface area (Å²) in [6.45, 7) is 9.82. The van der Waals surface area contributed by atoms with Crippen LogP contribution in [0.3, 0.4) is 0 Å². The molecule has 200 valence electrons. The molecule has 39 heavy (non-hydrogen) atoms. The van der Waals surface area contributed by atoms with Crippen molar-refractivity contribution in [3.63, 3.8) is 0 Å². The molecule has 3 aromatic carbocycles. The number of para-hydroxylation sites is 1. The highest BCUT2D eigenvalue weighted by Crippen LogP contribution is 2.20. The normalized spacial score (nSPS) is 10.7. The molecule has 1 heterocycles. The van der Waals surface area contributed by atoms with Crippen molar-refractivity contribution in [3.8, 4) is 0 Å². The maximum atomic E-state index is 13.7. The molecule has 4 aromatic rings. The van der Waals surface area contributed by atoms with Gasteiger partial charge in [0, 0.05) is 18.8 Å². The van der Waals surface area contributed by atoms with Crippen LogP contribution in [0.15, 0.2) is 94.9 Å². The van der Waals surface area contributed by atoms with Crippen molar-refractivity contribution < 1.29 is 14.0 Å². The Morgan fingerprint density at radius 2 is 1.64 bits per heavy atom. The second kappa shape index (κ2) is 12.3. The van der Waals surface area contributed by atoms with Crippen LogP contribution in [0.4, 0.5) is 10.5 Å². The summed E-state index contributed by atoms with van der Waals surface area (Å²) in [6.07, 6.45) is 3.00. The molecule has 4 rings (SSSR count). The number of carbonyl (C=O) groups excluding carboxylic acids is 2. The first-order chi connectivity index (χ1) is 18.8. The van der Waals surface area contributed by atoms with Crippen LogP contribution in [0, 0.1) is 20.8 Å². The minimum absolute atomic E-state index is 0.0421. The zero-order valence-electron chi connectivity index (χ0n) is 22.6. The van der Waals surface area contributed by atoms with E-state index in [0.717, 1.165) is 22.3 Å². The van der Waals surface area contributed by atoms with E-state index in [4.69, 9.17) is 4.42 Å². The molecule has 0 saturated carbocycles. The van der Waals surface area contributed by atoms with Crippen LogP contribution in [0.5, 0.6) is 0 Å². The lowest BCUT2D eigenvalue weighted by atomic mass is 10.1. The number of carbonyl (C=O) groups is 2. The number of nitrogens with zero attached hydrogens (tertiary/aromatic N) is 2. The Labute approximate surface area is 228 Å². The van der Waals surface area contributed by atoms with Crippen LogP contribution in [-0.4, -0.2) is 34.8 Å². The van der Waals surface area contributed by atoms with Crippen molar-refractivity contribution in [2.75, 3.05) is 18.4 Å². The van der Waals surface area contributed by atoms with Gasteiger partial charge >= 0.3 is 6.03 Å². The lowest BCUT2D eigenvalue weighted by molar-refractivity contribution is -0.133. The molecule has 0 saturated heterocycles. The second-order valence-corrected chi connectivity index (χ2v) is 9.69. The fourth-order valence-electron chi connectivity index (χ4n) is 4.47. The minimum atomic E-state index is -0.402. The van der Waals surface area contributed by atoms with Crippen LogP contribution in [0.1, 0.15) is 27.8 Å². The molecular weight excluding hydrogens is 490 g/mol. The maximum Gasteiger partial charge on any atom is 0.322 e. The van der Waals surface area contributed by atoms with E-state index < -0.39 is 6.03 Å². The first kappa shape index (κ1) is 27.4. The van der Waals surface area contributed by atoms with Crippen molar-refractivity contribution in [1.29, 1.82) is 0 Å². The third-order valence-corrected chi connectivity index (χ3v) is 6.61. The number of hydrogen-bond donors (Lipinski definition) is 1. The van der Waals surface area contributed by atoms with Gasteiger partial charge in [-0.15, -0.1) is 6.58 Å². The molecule has 0 bridgehead atoms. The van der Waals surface area contributed by atoms with E-state index >= 15 is 0 Å². The number of amides is 3. The maximum absolute atomic E-state index is 13.7. The topological polar surface area (TPSA) is 82.9 Å². The van der Waals surface area contributed by atoms with Gasteiger partial charge in [-0.05, 0) is 49.6 Å². The summed E-state index contributed by atoms with van der Waals surface area (Å²) >= 11 is 0. The average Bonchev–Trinajstić information content (AvgIpc) is 2.92. The number of fused-ring (bicyclic) bond motifs is 1. The summed E-state index contributed by atoms with van der Waals surface area (Å²) in [6, 6.07) is 20.3. The fourth-order valence-corrected chi connectivity index (χ4v) is 4.47. The van der Waals surface area contributed by atoms with Gasteiger partial charge in [0.05, 0.1) is 23.8 Å². The van der Waals surface area contributed by atoms with Gasteiger partial charge in [-0.3, -0.25) is 9.59 Å². The predicted octanol–water partition coefficient (Wildman–Crippen LogP) is 5.97. The van der Waals surface area contributed by atoms with E-state index in [0.29, 0.717) is 22.2 Å². The number of nitrogens with one attached hydrogen (secondary N) is 1. The Bertz CT molecular complexity index is 1540. The van der Waals surface area contributed by atoms with Crippen LogP contribution in [0.25, 0.3) is 11.0 Å². The van der Waals surface area contributed by atoms with Crippen molar-refractivity contribution in [3.05, 3.63) is 124 Å². The molecule has 0 fully saturated rings. The van der Waals surface area contributed by atoms with E-state index in [1.807, 2.05) is 75.4 Å². The molecule has 0 aliphatic carbocycles. The molecule has 0 radical (unpaired) electrons. The lowest BCUT2D eigenvalue weighted by Gasteiger charge is -2.27. The third-order valence-electron chi connectivity index (χ3n) is 6.61. The Morgan fingerprint density at radius 3 is 2.33 bits per heavy atom. The molecule has 0 atom stereocenters. The molecule has 3 amide bonds. The first-order valence-corrected chi connectivity index (χ1v) is 12.8. The predicted molar refractivity (Wildman–Crippen MR) is 155 cm³/mol. The van der Waals surface area contributed by atoms with E-state index in [9.17, 15) is 14.4 Å². The molecule has 1 aromatic heterocycles. The standard InChI is InChI=1S/C32H33N3O4/c1-5-16-34(32(38)33-30-23(3)10-9-11-24(30)4)20-29(36)35(18-25-12-7-6-8-13-25)19-26-21-39-28-15-14-22(2)17-27(28)31(26)37/h5-15,17,21H,1,16,18-20H2,2-4H3,(H,33,38). The van der Waals surface area contributed by atoms with Crippen molar-refractivity contribution in [1.82, 2.24) is 9.80 Å². The Kier molecular flexibility index (Phi) is 8.61. The van der Waals surface area contributed by atoms with Crippen molar-refractivity contribution in [2.45, 2.75) is 33.9 Å². The third kappa shape index (κ3) is 6.62. The number of anilines is 1. The van der Waals surface area contributed by atoms with Gasteiger partial charge in [-0.25, -0.2) is 4.79 Å². The summed E-state index contributed by atoms with van der Waals surface area (Å²) in [7, 11) is 0. The first-order valence-electron chi connectivity index (χ1n) is 12.8. The van der Waals surface area contributed by atoms with E-state index in [1.165, 1.54) is 11.2 Å². The zero-order valence-corrected chi connectivity index (χ0v) is 22.6.